The van der Waals surface area contributed by atoms with Gasteiger partial charge in [-0.2, -0.15) is 0 Å². The first-order chi connectivity index (χ1) is 9.58. The van der Waals surface area contributed by atoms with Crippen molar-refractivity contribution in [1.82, 2.24) is 9.88 Å². The molecule has 2 heterocycles. The van der Waals surface area contributed by atoms with Crippen LogP contribution in [0.1, 0.15) is 27.7 Å². The van der Waals surface area contributed by atoms with Crippen molar-refractivity contribution in [2.24, 2.45) is 0 Å². The molecule has 0 radical (unpaired) electrons. The molecule has 1 fully saturated rings. The van der Waals surface area contributed by atoms with Crippen LogP contribution >= 0.6 is 11.6 Å². The number of aromatic nitrogens is 1. The van der Waals surface area contributed by atoms with Crippen LogP contribution in [-0.4, -0.2) is 36.5 Å². The number of benzene rings is 1. The van der Waals surface area contributed by atoms with Gasteiger partial charge in [-0.15, -0.1) is 0 Å². The van der Waals surface area contributed by atoms with Gasteiger partial charge in [-0.25, -0.2) is 4.98 Å². The molecular weight excluding hydrogens is 276 g/mol. The molecule has 0 saturated carbocycles. The molecule has 0 amide bonds. The molecule has 0 N–H and O–H groups in total. The van der Waals surface area contributed by atoms with Crippen molar-refractivity contribution < 1.29 is 9.53 Å². The third-order valence-electron chi connectivity index (χ3n) is 3.48. The predicted molar refractivity (Wildman–Crippen MR) is 78.2 cm³/mol. The highest BCUT2D eigenvalue weighted by atomic mass is 35.5. The first-order valence-electron chi connectivity index (χ1n) is 6.44. The van der Waals surface area contributed by atoms with Crippen molar-refractivity contribution in [3.63, 3.8) is 0 Å². The Morgan fingerprint density at radius 3 is 2.90 bits per heavy atom. The van der Waals surface area contributed by atoms with Gasteiger partial charge < -0.3 is 4.74 Å². The van der Waals surface area contributed by atoms with Gasteiger partial charge in [0.15, 0.2) is 6.29 Å². The van der Waals surface area contributed by atoms with E-state index in [-0.39, 0.29) is 6.10 Å². The number of likely N-dealkylation sites (N-methyl/N-ethyl adjacent to an activating group) is 1. The van der Waals surface area contributed by atoms with Gasteiger partial charge in [0.2, 0.25) is 0 Å². The first kappa shape index (κ1) is 13.5. The maximum absolute atomic E-state index is 11.3. The fourth-order valence-corrected chi connectivity index (χ4v) is 2.86. The fourth-order valence-electron chi connectivity index (χ4n) is 2.54. The van der Waals surface area contributed by atoms with Gasteiger partial charge >= 0.3 is 0 Å². The summed E-state index contributed by atoms with van der Waals surface area (Å²) in [5, 5.41) is 1.48. The van der Waals surface area contributed by atoms with E-state index in [1.54, 1.807) is 0 Å². The van der Waals surface area contributed by atoms with Crippen molar-refractivity contribution >= 4 is 28.8 Å². The summed E-state index contributed by atoms with van der Waals surface area (Å²) in [6.07, 6.45) is 0.654. The lowest BCUT2D eigenvalue weighted by atomic mass is 10.0. The fraction of sp³-hybridized carbons (Fsp3) is 0.333. The number of carbonyl (C=O) groups is 1. The molecule has 0 aliphatic carbocycles. The number of rotatable bonds is 2. The molecule has 1 aromatic carbocycles. The van der Waals surface area contributed by atoms with Gasteiger partial charge in [-0.1, -0.05) is 11.6 Å². The lowest BCUT2D eigenvalue weighted by Crippen LogP contribution is -2.14. The lowest BCUT2D eigenvalue weighted by molar-refractivity contribution is 0.0917. The highest BCUT2D eigenvalue weighted by Crippen LogP contribution is 2.30. The van der Waals surface area contributed by atoms with E-state index in [9.17, 15) is 4.79 Å². The number of nitrogens with zero attached hydrogens (tertiary/aromatic N) is 2. The highest BCUT2D eigenvalue weighted by molar-refractivity contribution is 6.35. The van der Waals surface area contributed by atoms with Gasteiger partial charge in [0.05, 0.1) is 23.0 Å². The van der Waals surface area contributed by atoms with Crippen LogP contribution in [0.2, 0.25) is 5.02 Å². The second-order valence-corrected chi connectivity index (χ2v) is 5.63. The van der Waals surface area contributed by atoms with Gasteiger partial charge in [0.1, 0.15) is 6.10 Å². The summed E-state index contributed by atoms with van der Waals surface area (Å²) >= 11 is 6.26. The Kier molecular flexibility index (Phi) is 3.46. The standard InChI is InChI=1S/C15H15ClN2O2/c1-9-3-10-5-11(7-19)15(13-6-18(2)8-20-13)17-14(10)12(16)4-9/h3-5,7,13H,6,8H2,1-2H3. The number of carbonyl (C=O) groups excluding carboxylic acids is 1. The summed E-state index contributed by atoms with van der Waals surface area (Å²) in [6, 6.07) is 5.70. The molecule has 0 spiro atoms. The van der Waals surface area contributed by atoms with E-state index in [1.165, 1.54) is 0 Å². The summed E-state index contributed by atoms with van der Waals surface area (Å²) in [5.41, 5.74) is 3.00. The lowest BCUT2D eigenvalue weighted by Gasteiger charge is -2.13. The first-order valence-corrected chi connectivity index (χ1v) is 6.82. The zero-order chi connectivity index (χ0) is 14.3. The molecule has 5 heteroatoms. The second-order valence-electron chi connectivity index (χ2n) is 5.22. The molecule has 1 aromatic heterocycles. The Morgan fingerprint density at radius 1 is 1.45 bits per heavy atom. The van der Waals surface area contributed by atoms with Crippen molar-refractivity contribution in [2.75, 3.05) is 20.3 Å². The molecule has 1 aliphatic heterocycles. The number of halogens is 1. The minimum Gasteiger partial charge on any atom is -0.355 e. The number of hydrogen-bond donors (Lipinski definition) is 0. The van der Waals surface area contributed by atoms with E-state index < -0.39 is 0 Å². The van der Waals surface area contributed by atoms with Crippen molar-refractivity contribution in [3.8, 4) is 0 Å². The number of pyridine rings is 1. The van der Waals surface area contributed by atoms with E-state index in [1.807, 2.05) is 37.1 Å². The average Bonchev–Trinajstić information content (AvgIpc) is 2.83. The van der Waals surface area contributed by atoms with Crippen LogP contribution in [0.5, 0.6) is 0 Å². The number of aldehydes is 1. The number of ether oxygens (including phenoxy) is 1. The normalized spacial score (nSPS) is 19.6. The molecule has 104 valence electrons. The molecule has 1 saturated heterocycles. The smallest absolute Gasteiger partial charge is 0.152 e. The van der Waals surface area contributed by atoms with E-state index in [4.69, 9.17) is 16.3 Å². The SMILES string of the molecule is Cc1cc(Cl)c2nc(C3CN(C)CO3)c(C=O)cc2c1. The molecular formula is C15H15ClN2O2. The summed E-state index contributed by atoms with van der Waals surface area (Å²) in [4.78, 5) is 18.0. The van der Waals surface area contributed by atoms with Crippen LogP contribution in [-0.2, 0) is 4.74 Å². The molecule has 1 atom stereocenters. The molecule has 20 heavy (non-hydrogen) atoms. The zero-order valence-electron chi connectivity index (χ0n) is 11.4. The van der Waals surface area contributed by atoms with Gasteiger partial charge in [0.25, 0.3) is 0 Å². The Morgan fingerprint density at radius 2 is 2.25 bits per heavy atom. The van der Waals surface area contributed by atoms with Crippen LogP contribution in [0.25, 0.3) is 10.9 Å². The largest absolute Gasteiger partial charge is 0.355 e. The predicted octanol–water partition coefficient (Wildman–Crippen LogP) is 2.97. The third-order valence-corrected chi connectivity index (χ3v) is 3.77. The van der Waals surface area contributed by atoms with Crippen LogP contribution in [0, 0.1) is 6.92 Å². The average molecular weight is 291 g/mol. The van der Waals surface area contributed by atoms with Crippen molar-refractivity contribution in [3.05, 3.63) is 40.0 Å². The quantitative estimate of drug-likeness (QED) is 0.798. The summed E-state index contributed by atoms with van der Waals surface area (Å²) < 4.78 is 5.67. The van der Waals surface area contributed by atoms with Crippen molar-refractivity contribution in [2.45, 2.75) is 13.0 Å². The zero-order valence-corrected chi connectivity index (χ0v) is 12.1. The highest BCUT2D eigenvalue weighted by Gasteiger charge is 2.26. The van der Waals surface area contributed by atoms with E-state index in [0.717, 1.165) is 29.3 Å². The van der Waals surface area contributed by atoms with Gasteiger partial charge in [-0.05, 0) is 37.7 Å². The molecule has 2 aromatic rings. The number of hydrogen-bond acceptors (Lipinski definition) is 4. The minimum absolute atomic E-state index is 0.179. The Hall–Kier alpha value is -1.49. The van der Waals surface area contributed by atoms with Crippen molar-refractivity contribution in [1.29, 1.82) is 0 Å². The van der Waals surface area contributed by atoms with Crippen LogP contribution < -0.4 is 0 Å². The Bertz CT molecular complexity index is 687. The Labute approximate surface area is 122 Å². The molecule has 3 rings (SSSR count). The monoisotopic (exact) mass is 290 g/mol. The summed E-state index contributed by atoms with van der Waals surface area (Å²) in [7, 11) is 1.97. The molecule has 0 bridgehead atoms. The van der Waals surface area contributed by atoms with Gasteiger partial charge in [0, 0.05) is 17.5 Å². The van der Waals surface area contributed by atoms with Crippen LogP contribution in [0.4, 0.5) is 0 Å². The van der Waals surface area contributed by atoms with E-state index in [2.05, 4.69) is 4.98 Å². The maximum Gasteiger partial charge on any atom is 0.152 e. The van der Waals surface area contributed by atoms with E-state index >= 15 is 0 Å². The maximum atomic E-state index is 11.3. The number of aryl methyl sites for hydroxylation is 1. The minimum atomic E-state index is -0.179. The third kappa shape index (κ3) is 2.30. The van der Waals surface area contributed by atoms with E-state index in [0.29, 0.717) is 23.0 Å². The second kappa shape index (κ2) is 5.13. The molecule has 4 nitrogen and oxygen atoms in total. The molecule has 1 unspecified atom stereocenters. The van der Waals surface area contributed by atoms with Gasteiger partial charge in [-0.3, -0.25) is 9.69 Å². The topological polar surface area (TPSA) is 42.4 Å². The molecule has 1 aliphatic rings. The summed E-state index contributed by atoms with van der Waals surface area (Å²) in [6.45, 7) is 3.24. The van der Waals surface area contributed by atoms with Crippen LogP contribution in [0.15, 0.2) is 18.2 Å². The van der Waals surface area contributed by atoms with Crippen LogP contribution in [0.3, 0.4) is 0 Å². The summed E-state index contributed by atoms with van der Waals surface area (Å²) in [5.74, 6) is 0. The Balaban J connectivity index is 2.18. The number of fused-ring (bicyclic) bond motifs is 1.